The van der Waals surface area contributed by atoms with Crippen molar-refractivity contribution in [3.63, 3.8) is 0 Å². The van der Waals surface area contributed by atoms with E-state index in [1.54, 1.807) is 7.11 Å². The molecule has 1 heterocycles. The summed E-state index contributed by atoms with van der Waals surface area (Å²) in [5.74, 6) is 0.836. The zero-order valence-corrected chi connectivity index (χ0v) is 14.4. The summed E-state index contributed by atoms with van der Waals surface area (Å²) in [4.78, 5) is 5.82. The monoisotopic (exact) mass is 335 g/mol. The predicted molar refractivity (Wildman–Crippen MR) is 93.3 cm³/mol. The van der Waals surface area contributed by atoms with E-state index in [0.29, 0.717) is 6.61 Å². The maximum Gasteiger partial charge on any atom is 0.207 e. The van der Waals surface area contributed by atoms with Crippen LogP contribution >= 0.6 is 23.3 Å². The Hall–Kier alpha value is -1.11. The Morgan fingerprint density at radius 2 is 2.05 bits per heavy atom. The molecule has 1 aromatic heterocycles. The SMILES string of the molecule is COCCc1nsc(Nc2ccc(SC3CCCC3)cc2)n1. The Balaban J connectivity index is 1.54. The molecule has 6 heteroatoms. The zero-order valence-electron chi connectivity index (χ0n) is 12.7. The van der Waals surface area contributed by atoms with Crippen molar-refractivity contribution in [2.24, 2.45) is 0 Å². The summed E-state index contributed by atoms with van der Waals surface area (Å²) >= 11 is 3.40. The van der Waals surface area contributed by atoms with Crippen molar-refractivity contribution in [3.05, 3.63) is 30.1 Å². The first-order valence-electron chi connectivity index (χ1n) is 7.69. The second-order valence-electron chi connectivity index (χ2n) is 5.43. The van der Waals surface area contributed by atoms with E-state index in [-0.39, 0.29) is 0 Å². The predicted octanol–water partition coefficient (Wildman–Crippen LogP) is 4.51. The van der Waals surface area contributed by atoms with Crippen molar-refractivity contribution in [3.8, 4) is 0 Å². The number of methoxy groups -OCH3 is 1. The maximum absolute atomic E-state index is 5.04. The van der Waals surface area contributed by atoms with Gasteiger partial charge in [-0.3, -0.25) is 0 Å². The molecule has 4 nitrogen and oxygen atoms in total. The summed E-state index contributed by atoms with van der Waals surface area (Å²) in [6.45, 7) is 0.656. The Morgan fingerprint density at radius 1 is 1.27 bits per heavy atom. The molecule has 3 rings (SSSR count). The summed E-state index contributed by atoms with van der Waals surface area (Å²) in [6, 6.07) is 8.62. The van der Waals surface area contributed by atoms with E-state index in [1.807, 2.05) is 11.8 Å². The summed E-state index contributed by atoms with van der Waals surface area (Å²) in [7, 11) is 1.69. The smallest absolute Gasteiger partial charge is 0.207 e. The van der Waals surface area contributed by atoms with Crippen LogP contribution in [0.15, 0.2) is 29.2 Å². The van der Waals surface area contributed by atoms with E-state index in [9.17, 15) is 0 Å². The van der Waals surface area contributed by atoms with Crippen molar-refractivity contribution in [2.45, 2.75) is 42.2 Å². The van der Waals surface area contributed by atoms with Gasteiger partial charge in [0.1, 0.15) is 5.82 Å². The van der Waals surface area contributed by atoms with Crippen LogP contribution in [0.5, 0.6) is 0 Å². The van der Waals surface area contributed by atoms with Crippen LogP contribution in [-0.4, -0.2) is 28.3 Å². The van der Waals surface area contributed by atoms with Crippen molar-refractivity contribution < 1.29 is 4.74 Å². The second kappa shape index (κ2) is 7.94. The van der Waals surface area contributed by atoms with E-state index >= 15 is 0 Å². The van der Waals surface area contributed by atoms with Crippen LogP contribution in [-0.2, 0) is 11.2 Å². The highest BCUT2D eigenvalue weighted by Gasteiger charge is 2.15. The fraction of sp³-hybridized carbons (Fsp3) is 0.500. The number of hydrogen-bond donors (Lipinski definition) is 1. The van der Waals surface area contributed by atoms with Gasteiger partial charge in [0.15, 0.2) is 0 Å². The Morgan fingerprint density at radius 3 is 2.77 bits per heavy atom. The molecule has 0 bridgehead atoms. The molecule has 2 aromatic rings. The highest BCUT2D eigenvalue weighted by molar-refractivity contribution is 8.00. The number of hydrogen-bond acceptors (Lipinski definition) is 6. The van der Waals surface area contributed by atoms with Gasteiger partial charge in [-0.15, -0.1) is 11.8 Å². The van der Waals surface area contributed by atoms with Crippen LogP contribution in [0.2, 0.25) is 0 Å². The first kappa shape index (κ1) is 15.8. The summed E-state index contributed by atoms with van der Waals surface area (Å²) in [5.41, 5.74) is 1.06. The van der Waals surface area contributed by atoms with Crippen LogP contribution in [0, 0.1) is 0 Å². The van der Waals surface area contributed by atoms with E-state index in [4.69, 9.17) is 4.74 Å². The third-order valence-electron chi connectivity index (χ3n) is 3.71. The van der Waals surface area contributed by atoms with Crippen LogP contribution in [0.25, 0.3) is 0 Å². The number of anilines is 2. The molecule has 1 aromatic carbocycles. The standard InChI is InChI=1S/C16H21N3OS2/c1-20-11-10-15-18-16(22-19-15)17-12-6-8-14(9-7-12)21-13-4-2-3-5-13/h6-9,13H,2-5,10-11H2,1H3,(H,17,18,19). The fourth-order valence-electron chi connectivity index (χ4n) is 2.54. The molecule has 0 radical (unpaired) electrons. The number of nitrogens with zero attached hydrogens (tertiary/aromatic N) is 2. The molecule has 1 aliphatic rings. The lowest BCUT2D eigenvalue weighted by Crippen LogP contribution is -1.97. The van der Waals surface area contributed by atoms with Crippen LogP contribution in [0.1, 0.15) is 31.5 Å². The van der Waals surface area contributed by atoms with Gasteiger partial charge in [0, 0.05) is 40.9 Å². The molecular weight excluding hydrogens is 314 g/mol. The number of benzene rings is 1. The molecule has 0 spiro atoms. The number of aromatic nitrogens is 2. The maximum atomic E-state index is 5.04. The highest BCUT2D eigenvalue weighted by Crippen LogP contribution is 2.35. The topological polar surface area (TPSA) is 47.0 Å². The third kappa shape index (κ3) is 4.44. The lowest BCUT2D eigenvalue weighted by atomic mass is 10.3. The van der Waals surface area contributed by atoms with Crippen molar-refractivity contribution in [1.82, 2.24) is 9.36 Å². The number of ether oxygens (including phenoxy) is 1. The van der Waals surface area contributed by atoms with E-state index < -0.39 is 0 Å². The van der Waals surface area contributed by atoms with Gasteiger partial charge >= 0.3 is 0 Å². The molecule has 1 fully saturated rings. The van der Waals surface area contributed by atoms with Crippen LogP contribution in [0.3, 0.4) is 0 Å². The van der Waals surface area contributed by atoms with Gasteiger partial charge in [0.2, 0.25) is 5.13 Å². The summed E-state index contributed by atoms with van der Waals surface area (Å²) < 4.78 is 9.36. The summed E-state index contributed by atoms with van der Waals surface area (Å²) in [5, 5.41) is 4.96. The van der Waals surface area contributed by atoms with Gasteiger partial charge in [0.05, 0.1) is 6.61 Å². The van der Waals surface area contributed by atoms with Gasteiger partial charge in [0.25, 0.3) is 0 Å². The third-order valence-corrected chi connectivity index (χ3v) is 5.73. The Kier molecular flexibility index (Phi) is 5.70. The van der Waals surface area contributed by atoms with Gasteiger partial charge in [-0.2, -0.15) is 4.37 Å². The molecule has 1 N–H and O–H groups in total. The lowest BCUT2D eigenvalue weighted by molar-refractivity contribution is 0.201. The second-order valence-corrected chi connectivity index (χ2v) is 7.56. The Labute approximate surface area is 139 Å². The fourth-order valence-corrected chi connectivity index (χ4v) is 4.42. The first-order valence-corrected chi connectivity index (χ1v) is 9.34. The minimum Gasteiger partial charge on any atom is -0.384 e. The first-order chi connectivity index (χ1) is 10.8. The minimum atomic E-state index is 0.656. The van der Waals surface area contributed by atoms with E-state index in [0.717, 1.165) is 28.3 Å². The average molecular weight is 335 g/mol. The van der Waals surface area contributed by atoms with Gasteiger partial charge in [-0.1, -0.05) is 12.8 Å². The molecule has 118 valence electrons. The largest absolute Gasteiger partial charge is 0.384 e. The quantitative estimate of drug-likeness (QED) is 0.807. The molecular formula is C16H21N3OS2. The van der Waals surface area contributed by atoms with Gasteiger partial charge < -0.3 is 10.1 Å². The average Bonchev–Trinajstić information content (AvgIpc) is 3.19. The molecule has 0 aliphatic heterocycles. The zero-order chi connectivity index (χ0) is 15.2. The van der Waals surface area contributed by atoms with Crippen LogP contribution in [0.4, 0.5) is 10.8 Å². The Bertz CT molecular complexity index is 579. The number of rotatable bonds is 7. The van der Waals surface area contributed by atoms with E-state index in [2.05, 4.69) is 38.9 Å². The van der Waals surface area contributed by atoms with E-state index in [1.165, 1.54) is 42.1 Å². The van der Waals surface area contributed by atoms with Crippen molar-refractivity contribution in [2.75, 3.05) is 19.0 Å². The van der Waals surface area contributed by atoms with Crippen LogP contribution < -0.4 is 5.32 Å². The number of nitrogens with one attached hydrogen (secondary N) is 1. The molecule has 22 heavy (non-hydrogen) atoms. The van der Waals surface area contributed by atoms with Crippen molar-refractivity contribution >= 4 is 34.1 Å². The molecule has 1 aliphatic carbocycles. The molecule has 0 saturated heterocycles. The number of thioether (sulfide) groups is 1. The lowest BCUT2D eigenvalue weighted by Gasteiger charge is -2.09. The normalized spacial score (nSPS) is 15.3. The molecule has 0 atom stereocenters. The summed E-state index contributed by atoms with van der Waals surface area (Å²) in [6.07, 6.45) is 6.25. The molecule has 0 amide bonds. The molecule has 1 saturated carbocycles. The van der Waals surface area contributed by atoms with Gasteiger partial charge in [-0.25, -0.2) is 4.98 Å². The molecule has 0 unspecified atom stereocenters. The van der Waals surface area contributed by atoms with Gasteiger partial charge in [-0.05, 0) is 37.1 Å². The minimum absolute atomic E-state index is 0.656. The van der Waals surface area contributed by atoms with Crippen molar-refractivity contribution in [1.29, 1.82) is 0 Å². The highest BCUT2D eigenvalue weighted by atomic mass is 32.2.